The van der Waals surface area contributed by atoms with Crippen LogP contribution < -0.4 is 11.1 Å². The summed E-state index contributed by atoms with van der Waals surface area (Å²) in [7, 11) is 0. The first-order chi connectivity index (χ1) is 16.5. The molecule has 4 rings (SSSR count). The van der Waals surface area contributed by atoms with Gasteiger partial charge in [0, 0.05) is 29.1 Å². The summed E-state index contributed by atoms with van der Waals surface area (Å²) in [6.07, 6.45) is 1.54. The Balaban J connectivity index is 1.57. The summed E-state index contributed by atoms with van der Waals surface area (Å²) < 4.78 is 0.788. The van der Waals surface area contributed by atoms with Crippen molar-refractivity contribution in [2.45, 2.75) is 45.7 Å². The number of aromatic nitrogens is 1. The van der Waals surface area contributed by atoms with Gasteiger partial charge in [0.1, 0.15) is 5.01 Å². The first kappa shape index (κ1) is 24.8. The minimum absolute atomic E-state index is 0.00501. The van der Waals surface area contributed by atoms with Crippen LogP contribution in [0.5, 0.6) is 0 Å². The van der Waals surface area contributed by atoms with Crippen LogP contribution in [0.3, 0.4) is 0 Å². The third-order valence-corrected chi connectivity index (χ3v) is 7.16. The molecule has 0 spiro atoms. The van der Waals surface area contributed by atoms with E-state index < -0.39 is 11.9 Å². The molecule has 0 aliphatic carbocycles. The lowest BCUT2D eigenvalue weighted by molar-refractivity contribution is -0.127. The lowest BCUT2D eigenvalue weighted by atomic mass is 9.93. The lowest BCUT2D eigenvalue weighted by Crippen LogP contribution is -2.46. The minimum atomic E-state index is -0.979. The van der Waals surface area contributed by atoms with E-state index >= 15 is 0 Å². The predicted octanol–water partition coefficient (Wildman–Crippen LogP) is 3.89. The number of carboxylic acids is 1. The number of rotatable bonds is 6. The van der Waals surface area contributed by atoms with Crippen LogP contribution >= 0.6 is 11.3 Å². The Morgan fingerprint density at radius 1 is 1.11 bits per heavy atom. The lowest BCUT2D eigenvalue weighted by Gasteiger charge is -2.33. The average molecular weight is 495 g/mol. The highest BCUT2D eigenvalue weighted by Gasteiger charge is 2.28. The summed E-state index contributed by atoms with van der Waals surface area (Å²) in [5.74, 6) is -1.38. The number of primary amides is 1. The SMILES string of the molecule is CC(C)(C)NC(=O)C1CCN(Cc2cc(C(N)=O)ccc2-c2nc3ccc(C(=O)O)cc3s2)CC1. The number of nitrogens with two attached hydrogens (primary N) is 1. The van der Waals surface area contributed by atoms with Gasteiger partial charge in [-0.1, -0.05) is 6.07 Å². The molecule has 8 nitrogen and oxygen atoms in total. The molecule has 0 radical (unpaired) electrons. The molecule has 0 bridgehead atoms. The highest BCUT2D eigenvalue weighted by molar-refractivity contribution is 7.21. The Labute approximate surface area is 208 Å². The van der Waals surface area contributed by atoms with Crippen molar-refractivity contribution in [2.24, 2.45) is 11.7 Å². The number of carbonyl (C=O) groups is 3. The van der Waals surface area contributed by atoms with Gasteiger partial charge >= 0.3 is 5.97 Å². The number of carbonyl (C=O) groups excluding carboxylic acids is 2. The second-order valence-corrected chi connectivity index (χ2v) is 11.1. The van der Waals surface area contributed by atoms with Crippen LogP contribution in [0.2, 0.25) is 0 Å². The van der Waals surface area contributed by atoms with Crippen molar-refractivity contribution in [2.75, 3.05) is 13.1 Å². The third kappa shape index (κ3) is 5.86. The van der Waals surface area contributed by atoms with E-state index in [9.17, 15) is 19.5 Å². The zero-order valence-corrected chi connectivity index (χ0v) is 20.9. The minimum Gasteiger partial charge on any atom is -0.478 e. The fourth-order valence-corrected chi connectivity index (χ4v) is 5.39. The summed E-state index contributed by atoms with van der Waals surface area (Å²) >= 11 is 1.42. The molecule has 2 heterocycles. The van der Waals surface area contributed by atoms with E-state index in [-0.39, 0.29) is 22.9 Å². The van der Waals surface area contributed by atoms with E-state index in [1.807, 2.05) is 32.9 Å². The number of hydrogen-bond donors (Lipinski definition) is 3. The predicted molar refractivity (Wildman–Crippen MR) is 136 cm³/mol. The van der Waals surface area contributed by atoms with Gasteiger partial charge in [-0.05, 0) is 82.6 Å². The molecule has 0 atom stereocenters. The monoisotopic (exact) mass is 494 g/mol. The van der Waals surface area contributed by atoms with Crippen molar-refractivity contribution >= 4 is 39.3 Å². The average Bonchev–Trinajstić information content (AvgIpc) is 3.21. The van der Waals surface area contributed by atoms with Gasteiger partial charge in [0.15, 0.2) is 0 Å². The maximum Gasteiger partial charge on any atom is 0.335 e. The number of likely N-dealkylation sites (tertiary alicyclic amines) is 1. The van der Waals surface area contributed by atoms with E-state index in [4.69, 9.17) is 10.7 Å². The van der Waals surface area contributed by atoms with E-state index in [0.29, 0.717) is 12.1 Å². The van der Waals surface area contributed by atoms with Gasteiger partial charge in [0.2, 0.25) is 11.8 Å². The molecule has 1 fully saturated rings. The molecule has 0 unspecified atom stereocenters. The molecule has 9 heteroatoms. The van der Waals surface area contributed by atoms with Crippen molar-refractivity contribution < 1.29 is 19.5 Å². The number of fused-ring (bicyclic) bond motifs is 1. The molecule has 2 amide bonds. The number of nitrogens with one attached hydrogen (secondary N) is 1. The first-order valence-electron chi connectivity index (χ1n) is 11.6. The van der Waals surface area contributed by atoms with E-state index in [0.717, 1.165) is 52.3 Å². The Hall–Kier alpha value is -3.30. The number of benzene rings is 2. The molecule has 1 saturated heterocycles. The zero-order valence-electron chi connectivity index (χ0n) is 20.1. The van der Waals surface area contributed by atoms with Crippen LogP contribution in [-0.4, -0.2) is 51.4 Å². The molecule has 2 aromatic carbocycles. The molecule has 1 aromatic heterocycles. The normalized spacial score (nSPS) is 15.3. The number of hydrogen-bond acceptors (Lipinski definition) is 6. The molecule has 1 aliphatic heterocycles. The van der Waals surface area contributed by atoms with Gasteiger partial charge in [-0.2, -0.15) is 0 Å². The van der Waals surface area contributed by atoms with E-state index in [1.165, 1.54) is 11.3 Å². The Kier molecular flexibility index (Phi) is 6.91. The van der Waals surface area contributed by atoms with Gasteiger partial charge in [-0.3, -0.25) is 14.5 Å². The largest absolute Gasteiger partial charge is 0.478 e. The van der Waals surface area contributed by atoms with Gasteiger partial charge in [0.25, 0.3) is 0 Å². The van der Waals surface area contributed by atoms with Crippen LogP contribution in [0.4, 0.5) is 0 Å². The van der Waals surface area contributed by atoms with Crippen LogP contribution in [0, 0.1) is 5.92 Å². The number of amides is 2. The van der Waals surface area contributed by atoms with E-state index in [1.54, 1.807) is 24.3 Å². The van der Waals surface area contributed by atoms with Gasteiger partial charge in [0.05, 0.1) is 15.8 Å². The smallest absolute Gasteiger partial charge is 0.335 e. The van der Waals surface area contributed by atoms with Gasteiger partial charge < -0.3 is 16.2 Å². The fourth-order valence-electron chi connectivity index (χ4n) is 4.33. The van der Waals surface area contributed by atoms with Crippen LogP contribution in [0.1, 0.15) is 59.9 Å². The topological polar surface area (TPSA) is 126 Å². The van der Waals surface area contributed by atoms with Crippen molar-refractivity contribution in [1.82, 2.24) is 15.2 Å². The standard InChI is InChI=1S/C26H30N4O4S/c1-26(2,3)29-23(32)15-8-10-30(11-9-15)14-18-12-16(22(27)31)4-6-19(18)24-28-20-7-5-17(25(33)34)13-21(20)35-24/h4-7,12-13,15H,8-11,14H2,1-3H3,(H2,27,31)(H,29,32)(H,33,34). The van der Waals surface area contributed by atoms with Crippen molar-refractivity contribution in [1.29, 1.82) is 0 Å². The summed E-state index contributed by atoms with van der Waals surface area (Å²) in [6.45, 7) is 8.09. The molecule has 184 valence electrons. The fraction of sp³-hybridized carbons (Fsp3) is 0.385. The highest BCUT2D eigenvalue weighted by atomic mass is 32.1. The Morgan fingerprint density at radius 3 is 2.43 bits per heavy atom. The van der Waals surface area contributed by atoms with Crippen LogP contribution in [-0.2, 0) is 11.3 Å². The molecule has 0 saturated carbocycles. The molecule has 35 heavy (non-hydrogen) atoms. The highest BCUT2D eigenvalue weighted by Crippen LogP contribution is 2.34. The number of piperidine rings is 1. The van der Waals surface area contributed by atoms with Crippen molar-refractivity contribution in [3.63, 3.8) is 0 Å². The molecule has 3 aromatic rings. The molecule has 4 N–H and O–H groups in total. The number of carboxylic acid groups (broad SMARTS) is 1. The van der Waals surface area contributed by atoms with Gasteiger partial charge in [-0.25, -0.2) is 9.78 Å². The quantitative estimate of drug-likeness (QED) is 0.477. The molecular formula is C26H30N4O4S. The summed E-state index contributed by atoms with van der Waals surface area (Å²) in [4.78, 5) is 42.8. The van der Waals surface area contributed by atoms with E-state index in [2.05, 4.69) is 10.2 Å². The second kappa shape index (κ2) is 9.75. The number of thiazole rings is 1. The Bertz CT molecular complexity index is 1290. The van der Waals surface area contributed by atoms with Gasteiger partial charge in [-0.15, -0.1) is 11.3 Å². The Morgan fingerprint density at radius 2 is 1.80 bits per heavy atom. The first-order valence-corrected chi connectivity index (χ1v) is 12.4. The summed E-state index contributed by atoms with van der Waals surface area (Å²) in [6, 6.07) is 10.2. The summed E-state index contributed by atoms with van der Waals surface area (Å²) in [5.41, 5.74) is 8.49. The van der Waals surface area contributed by atoms with Crippen LogP contribution in [0.25, 0.3) is 20.8 Å². The summed E-state index contributed by atoms with van der Waals surface area (Å²) in [5, 5.41) is 13.1. The zero-order chi connectivity index (χ0) is 25.3. The van der Waals surface area contributed by atoms with Crippen molar-refractivity contribution in [3.05, 3.63) is 53.1 Å². The maximum absolute atomic E-state index is 12.6. The molecular weight excluding hydrogens is 464 g/mol. The second-order valence-electron chi connectivity index (χ2n) is 10.0. The third-order valence-electron chi connectivity index (χ3n) is 6.11. The number of nitrogens with zero attached hydrogens (tertiary/aromatic N) is 2. The van der Waals surface area contributed by atoms with Crippen LogP contribution in [0.15, 0.2) is 36.4 Å². The van der Waals surface area contributed by atoms with Crippen molar-refractivity contribution in [3.8, 4) is 10.6 Å². The molecule has 1 aliphatic rings. The number of aromatic carboxylic acids is 1. The maximum atomic E-state index is 12.6.